The topological polar surface area (TPSA) is 135 Å². The zero-order valence-corrected chi connectivity index (χ0v) is 30.7. The average Bonchev–Trinajstić information content (AvgIpc) is 3.51. The molecule has 0 aromatic carbocycles. The van der Waals surface area contributed by atoms with Gasteiger partial charge in [-0.1, -0.05) is 99.3 Å². The third kappa shape index (κ3) is 47.6. The molecule has 9 nitrogen and oxygen atoms in total. The monoisotopic (exact) mass is 655 g/mol. The first-order valence-electron chi connectivity index (χ1n) is 18.3. The largest absolute Gasteiger partial charge is 0.508 e. The average molecular weight is 655 g/mol. The lowest BCUT2D eigenvalue weighted by Gasteiger charge is -2.26. The minimum absolute atomic E-state index is 0.00231. The summed E-state index contributed by atoms with van der Waals surface area (Å²) in [5, 5.41) is 33.6. The van der Waals surface area contributed by atoms with E-state index in [0.717, 1.165) is 64.3 Å². The van der Waals surface area contributed by atoms with Gasteiger partial charge in [0.05, 0.1) is 13.2 Å². The molecule has 1 atom stereocenters. The van der Waals surface area contributed by atoms with Crippen molar-refractivity contribution in [1.29, 1.82) is 0 Å². The second kappa shape index (κ2) is 47.4. The molecule has 45 heavy (non-hydrogen) atoms. The fourth-order valence-corrected chi connectivity index (χ4v) is 4.07. The number of unbranched alkanes of at least 4 members (excludes halogenated alkanes) is 6. The molecule has 1 saturated heterocycles. The lowest BCUT2D eigenvalue weighted by molar-refractivity contribution is 0.0928. The predicted octanol–water partition coefficient (Wildman–Crippen LogP) is 8.08. The molecule has 2 rings (SSSR count). The molecule has 4 N–H and O–H groups in total. The summed E-state index contributed by atoms with van der Waals surface area (Å²) < 4.78 is 19.0. The van der Waals surface area contributed by atoms with Crippen LogP contribution in [0.5, 0.6) is 0 Å². The van der Waals surface area contributed by atoms with E-state index in [1.165, 1.54) is 64.2 Å². The molecule has 1 aliphatic heterocycles. The first-order chi connectivity index (χ1) is 21.8. The molecule has 0 aromatic rings. The quantitative estimate of drug-likeness (QED) is 0.0854. The van der Waals surface area contributed by atoms with Gasteiger partial charge in [0, 0.05) is 39.6 Å². The Morgan fingerprint density at radius 2 is 1.11 bits per heavy atom. The van der Waals surface area contributed by atoms with Crippen molar-refractivity contribution in [2.45, 2.75) is 157 Å². The molecule has 0 amide bonds. The summed E-state index contributed by atoms with van der Waals surface area (Å²) in [6.45, 7) is 19.4. The first-order valence-corrected chi connectivity index (χ1v) is 18.3. The number of carbonyl (C=O) groups is 1. The lowest BCUT2D eigenvalue weighted by Crippen LogP contribution is -2.16. The van der Waals surface area contributed by atoms with Crippen LogP contribution in [-0.4, -0.2) is 92.1 Å². The van der Waals surface area contributed by atoms with E-state index < -0.39 is 6.16 Å². The number of rotatable bonds is 18. The molecule has 0 radical (unpaired) electrons. The van der Waals surface area contributed by atoms with Crippen molar-refractivity contribution in [3.8, 4) is 0 Å². The van der Waals surface area contributed by atoms with E-state index in [1.807, 2.05) is 20.8 Å². The van der Waals surface area contributed by atoms with Crippen LogP contribution < -0.4 is 0 Å². The summed E-state index contributed by atoms with van der Waals surface area (Å²) in [6, 6.07) is 0. The molecule has 1 saturated carbocycles. The van der Waals surface area contributed by atoms with E-state index in [9.17, 15) is 4.79 Å². The van der Waals surface area contributed by atoms with Crippen LogP contribution in [0.4, 0.5) is 4.79 Å². The third-order valence-electron chi connectivity index (χ3n) is 7.07. The molecule has 2 fully saturated rings. The fourth-order valence-electron chi connectivity index (χ4n) is 4.07. The summed E-state index contributed by atoms with van der Waals surface area (Å²) in [6.07, 6.45) is 18.4. The Hall–Kier alpha value is -0.970. The summed E-state index contributed by atoms with van der Waals surface area (Å²) in [7, 11) is 0. The van der Waals surface area contributed by atoms with Crippen molar-refractivity contribution < 1.29 is 44.2 Å². The second-order valence-corrected chi connectivity index (χ2v) is 11.3. The minimum Gasteiger partial charge on any atom is -0.430 e. The van der Waals surface area contributed by atoms with Crippen molar-refractivity contribution in [2.24, 2.45) is 11.8 Å². The molecule has 0 spiro atoms. The highest BCUT2D eigenvalue weighted by Crippen LogP contribution is 2.29. The minimum atomic E-state index is -0.531. The Morgan fingerprint density at radius 1 is 0.600 bits per heavy atom. The molecular weight excluding hydrogens is 576 g/mol. The highest BCUT2D eigenvalue weighted by Gasteiger charge is 2.22. The van der Waals surface area contributed by atoms with Gasteiger partial charge < -0.3 is 39.4 Å². The van der Waals surface area contributed by atoms with Crippen LogP contribution >= 0.6 is 0 Å². The summed E-state index contributed by atoms with van der Waals surface area (Å²) in [5.74, 6) is 1.59. The van der Waals surface area contributed by atoms with Gasteiger partial charge in [-0.3, -0.25) is 0 Å². The molecule has 1 unspecified atom stereocenters. The Balaban J connectivity index is -0.000000227. The Bertz CT molecular complexity index is 463. The number of hydrogen-bond acceptors (Lipinski definition) is 9. The van der Waals surface area contributed by atoms with E-state index in [0.29, 0.717) is 39.0 Å². The zero-order valence-electron chi connectivity index (χ0n) is 30.7. The van der Waals surface area contributed by atoms with Gasteiger partial charge in [-0.2, -0.15) is 0 Å². The summed E-state index contributed by atoms with van der Waals surface area (Å²) in [4.78, 5) is 10.2. The summed E-state index contributed by atoms with van der Waals surface area (Å²) in [5.41, 5.74) is 0. The third-order valence-corrected chi connectivity index (χ3v) is 7.07. The van der Waals surface area contributed by atoms with Crippen LogP contribution in [0.15, 0.2) is 0 Å². The van der Waals surface area contributed by atoms with E-state index in [2.05, 4.69) is 37.2 Å². The van der Waals surface area contributed by atoms with E-state index in [-0.39, 0.29) is 12.7 Å². The van der Waals surface area contributed by atoms with Gasteiger partial charge in [0.15, 0.2) is 0 Å². The normalized spacial score (nSPS) is 18.0. The number of aliphatic hydroxyl groups excluding tert-OH is 4. The SMILES string of the molecule is CCC1CCC(CO)CC1.CCC1COC(=O)O1.CCCCCCCO.CCCCCO.CCCOCC.CCCOCCO. The van der Waals surface area contributed by atoms with Crippen LogP contribution in [-0.2, 0) is 18.9 Å². The van der Waals surface area contributed by atoms with E-state index in [1.54, 1.807) is 0 Å². The van der Waals surface area contributed by atoms with Gasteiger partial charge in [-0.05, 0) is 63.7 Å². The van der Waals surface area contributed by atoms with Crippen molar-refractivity contribution >= 4 is 6.16 Å². The van der Waals surface area contributed by atoms with Crippen molar-refractivity contribution in [3.63, 3.8) is 0 Å². The van der Waals surface area contributed by atoms with Crippen LogP contribution in [0.25, 0.3) is 0 Å². The van der Waals surface area contributed by atoms with Gasteiger partial charge in [0.25, 0.3) is 0 Å². The molecular formula is C36H78O9. The zero-order chi connectivity index (χ0) is 34.8. The first kappa shape index (κ1) is 50.9. The Labute approximate surface area is 278 Å². The second-order valence-electron chi connectivity index (χ2n) is 11.3. The predicted molar refractivity (Wildman–Crippen MR) is 187 cm³/mol. The highest BCUT2D eigenvalue weighted by molar-refractivity contribution is 5.61. The standard InChI is InChI=1S/C9H18O.C7H16O.C5H8O3.C5H12O2.2C5H12O/c1-2-8-3-5-9(7-10)6-4-8;1-2-3-4-5-6-7-8;1-2-4-3-7-5(6)8-4;1-2-4-7-5-3-6;1-3-5-6-4-2;1-2-3-4-5-6/h8-10H,2-7H2,1H3;8H,2-7H2,1H3;4H,2-3H2,1H3;6H,2-5H2,1H3;3-5H2,1-2H3;6H,2-5H2,1H3. The van der Waals surface area contributed by atoms with Crippen LogP contribution in [0.3, 0.4) is 0 Å². The van der Waals surface area contributed by atoms with Crippen LogP contribution in [0.2, 0.25) is 0 Å². The molecule has 1 aliphatic carbocycles. The maximum absolute atomic E-state index is 10.2. The van der Waals surface area contributed by atoms with Gasteiger partial charge in [0.2, 0.25) is 0 Å². The molecule has 2 aliphatic rings. The molecule has 276 valence electrons. The maximum Gasteiger partial charge on any atom is 0.508 e. The molecule has 1 heterocycles. The van der Waals surface area contributed by atoms with Gasteiger partial charge in [-0.15, -0.1) is 0 Å². The molecule has 0 aromatic heterocycles. The highest BCUT2D eigenvalue weighted by atomic mass is 16.8. The Kier molecular flexibility index (Phi) is 53.6. The van der Waals surface area contributed by atoms with Gasteiger partial charge in [-0.25, -0.2) is 4.79 Å². The molecule has 9 heteroatoms. The van der Waals surface area contributed by atoms with Crippen molar-refractivity contribution in [3.05, 3.63) is 0 Å². The van der Waals surface area contributed by atoms with Gasteiger partial charge in [0.1, 0.15) is 12.7 Å². The van der Waals surface area contributed by atoms with Gasteiger partial charge >= 0.3 is 6.16 Å². The van der Waals surface area contributed by atoms with Crippen molar-refractivity contribution in [2.75, 3.05) is 59.5 Å². The van der Waals surface area contributed by atoms with Crippen molar-refractivity contribution in [1.82, 2.24) is 0 Å². The number of cyclic esters (lactones) is 2. The number of ether oxygens (including phenoxy) is 4. The lowest BCUT2D eigenvalue weighted by atomic mass is 9.81. The van der Waals surface area contributed by atoms with Crippen LogP contribution in [0, 0.1) is 11.8 Å². The molecule has 0 bridgehead atoms. The number of aliphatic hydroxyl groups is 4. The van der Waals surface area contributed by atoms with Crippen LogP contribution in [0.1, 0.15) is 151 Å². The smallest absolute Gasteiger partial charge is 0.430 e. The Morgan fingerprint density at radius 3 is 1.44 bits per heavy atom. The maximum atomic E-state index is 10.2. The number of hydrogen-bond donors (Lipinski definition) is 4. The fraction of sp³-hybridized carbons (Fsp3) is 0.972. The summed E-state index contributed by atoms with van der Waals surface area (Å²) >= 11 is 0. The van der Waals surface area contributed by atoms with E-state index >= 15 is 0 Å². The number of carbonyl (C=O) groups excluding carboxylic acids is 1. The van der Waals surface area contributed by atoms with E-state index in [4.69, 9.17) is 29.9 Å².